The minimum absolute atomic E-state index is 0.0872. The molecule has 2 amide bonds. The van der Waals surface area contributed by atoms with Crippen molar-refractivity contribution in [1.29, 1.82) is 0 Å². The van der Waals surface area contributed by atoms with Crippen LogP contribution in [0.1, 0.15) is 49.0 Å². The summed E-state index contributed by atoms with van der Waals surface area (Å²) in [5.41, 5.74) is 6.45. The quantitative estimate of drug-likeness (QED) is 0.648. The number of amides is 2. The van der Waals surface area contributed by atoms with Crippen molar-refractivity contribution in [3.05, 3.63) is 29.7 Å². The van der Waals surface area contributed by atoms with Gasteiger partial charge in [0.1, 0.15) is 11.7 Å². The first-order valence-electron chi connectivity index (χ1n) is 10.4. The van der Waals surface area contributed by atoms with Crippen molar-refractivity contribution < 1.29 is 24.0 Å². The van der Waals surface area contributed by atoms with E-state index in [1.807, 2.05) is 12.3 Å². The summed E-state index contributed by atoms with van der Waals surface area (Å²) >= 11 is 4.64. The van der Waals surface area contributed by atoms with Crippen molar-refractivity contribution in [3.8, 4) is 0 Å². The standard InChI is InChI=1S/C19H26F2N6O2.CH3Cl/c1-29-11-15(26-7-6-23-18(26)28)13-8-16-25-14(10-27(16)24-9-13)17(22)12-2-4-19(20,21)5-3-12;1-2/h8-10,12,15,17H,2-7,11,22H2,1H3,(H,23,28);1H3/p+1. The zero-order chi connectivity index (χ0) is 22.6. The van der Waals surface area contributed by atoms with Crippen LogP contribution in [0.4, 0.5) is 13.6 Å². The molecule has 1 aliphatic carbocycles. The Morgan fingerprint density at radius 3 is 2.71 bits per heavy atom. The highest BCUT2D eigenvalue weighted by atomic mass is 35.5. The van der Waals surface area contributed by atoms with Gasteiger partial charge in [-0.15, -0.1) is 11.6 Å². The van der Waals surface area contributed by atoms with Crippen LogP contribution in [0.2, 0.25) is 0 Å². The summed E-state index contributed by atoms with van der Waals surface area (Å²) in [6, 6.07) is 1.36. The molecule has 1 aliphatic heterocycles. The largest absolute Gasteiger partial charge is 0.382 e. The van der Waals surface area contributed by atoms with E-state index >= 15 is 0 Å². The van der Waals surface area contributed by atoms with E-state index < -0.39 is 5.92 Å². The Hall–Kier alpha value is -2.04. The summed E-state index contributed by atoms with van der Waals surface area (Å²) < 4.78 is 33.9. The molecule has 1 saturated carbocycles. The molecule has 8 nitrogen and oxygen atoms in total. The summed E-state index contributed by atoms with van der Waals surface area (Å²) in [6.07, 6.45) is 5.73. The normalized spacial score (nSPS) is 20.8. The Labute approximate surface area is 185 Å². The van der Waals surface area contributed by atoms with Gasteiger partial charge in [0, 0.05) is 50.9 Å². The molecule has 31 heavy (non-hydrogen) atoms. The third-order valence-corrected chi connectivity index (χ3v) is 6.05. The Kier molecular flexibility index (Phi) is 7.66. The van der Waals surface area contributed by atoms with Crippen LogP contribution in [0, 0.1) is 5.92 Å². The second kappa shape index (κ2) is 10.1. The molecule has 2 aromatic rings. The molecule has 2 unspecified atom stereocenters. The number of fused-ring (bicyclic) bond motifs is 1. The second-order valence-electron chi connectivity index (χ2n) is 7.95. The molecule has 0 aromatic carbocycles. The summed E-state index contributed by atoms with van der Waals surface area (Å²) in [6.45, 7) is 1.56. The molecule has 4 rings (SSSR count). The van der Waals surface area contributed by atoms with Crippen molar-refractivity contribution in [3.63, 3.8) is 0 Å². The Bertz CT molecular complexity index is 886. The maximum Gasteiger partial charge on any atom is 0.318 e. The lowest BCUT2D eigenvalue weighted by Gasteiger charge is -2.29. The number of rotatable bonds is 6. The number of methoxy groups -OCH3 is 1. The lowest BCUT2D eigenvalue weighted by Crippen LogP contribution is -2.57. The van der Waals surface area contributed by atoms with Crippen molar-refractivity contribution in [2.24, 2.45) is 5.92 Å². The van der Waals surface area contributed by atoms with E-state index in [0.717, 1.165) is 11.3 Å². The highest BCUT2D eigenvalue weighted by Crippen LogP contribution is 2.39. The molecule has 0 radical (unpaired) electrons. The fourth-order valence-electron chi connectivity index (χ4n) is 4.28. The molecule has 0 spiro atoms. The highest BCUT2D eigenvalue weighted by Gasteiger charge is 2.39. The maximum absolute atomic E-state index is 13.5. The average Bonchev–Trinajstić information content (AvgIpc) is 3.38. The SMILES string of the molecule is CCl.COCC(c1cnn2cc(C([NH3+])C3CCC(F)(F)CC3)nc2c1)N1CCNC1=O. The van der Waals surface area contributed by atoms with Crippen LogP contribution in [0.15, 0.2) is 18.5 Å². The van der Waals surface area contributed by atoms with Gasteiger partial charge >= 0.3 is 6.03 Å². The molecule has 4 N–H and O–H groups in total. The number of ether oxygens (including phenoxy) is 1. The van der Waals surface area contributed by atoms with Gasteiger partial charge in [0.2, 0.25) is 5.92 Å². The first kappa shape index (κ1) is 23.6. The molecule has 0 bridgehead atoms. The number of urea groups is 1. The van der Waals surface area contributed by atoms with E-state index in [4.69, 9.17) is 4.74 Å². The zero-order valence-electron chi connectivity index (χ0n) is 17.9. The fraction of sp³-hybridized carbons (Fsp3) is 0.650. The van der Waals surface area contributed by atoms with E-state index in [1.165, 1.54) is 6.38 Å². The number of carbonyl (C=O) groups is 1. The monoisotopic (exact) mass is 459 g/mol. The number of halogens is 3. The van der Waals surface area contributed by atoms with Gasteiger partial charge in [0.15, 0.2) is 5.65 Å². The number of carbonyl (C=O) groups excluding carboxylic acids is 1. The fourth-order valence-corrected chi connectivity index (χ4v) is 4.28. The summed E-state index contributed by atoms with van der Waals surface area (Å²) in [5, 5.41) is 7.25. The smallest absolute Gasteiger partial charge is 0.318 e. The molecule has 2 atom stereocenters. The second-order valence-corrected chi connectivity index (χ2v) is 7.95. The third kappa shape index (κ3) is 5.24. The predicted octanol–water partition coefficient (Wildman–Crippen LogP) is 2.41. The number of nitrogens with one attached hydrogen (secondary N) is 1. The minimum atomic E-state index is -2.55. The Morgan fingerprint density at radius 1 is 1.39 bits per heavy atom. The van der Waals surface area contributed by atoms with Gasteiger partial charge in [0.05, 0.1) is 25.0 Å². The Balaban J connectivity index is 0.00000132. The number of alkyl halides is 3. The van der Waals surface area contributed by atoms with E-state index in [0.29, 0.717) is 38.2 Å². The number of hydrogen-bond donors (Lipinski definition) is 2. The van der Waals surface area contributed by atoms with Crippen molar-refractivity contribution in [2.75, 3.05) is 33.2 Å². The molecule has 3 heterocycles. The first-order valence-corrected chi connectivity index (χ1v) is 11.1. The van der Waals surface area contributed by atoms with E-state index in [1.54, 1.807) is 22.7 Å². The van der Waals surface area contributed by atoms with E-state index in [9.17, 15) is 13.6 Å². The van der Waals surface area contributed by atoms with Gasteiger partial charge in [-0.2, -0.15) is 5.10 Å². The van der Waals surface area contributed by atoms with Gasteiger partial charge in [-0.3, -0.25) is 0 Å². The first-order chi connectivity index (χ1) is 14.9. The molecule has 11 heteroatoms. The molecule has 2 fully saturated rings. The van der Waals surface area contributed by atoms with E-state index in [2.05, 4.69) is 32.7 Å². The van der Waals surface area contributed by atoms with Crippen molar-refractivity contribution in [2.45, 2.75) is 43.7 Å². The van der Waals surface area contributed by atoms with Crippen LogP contribution in [0.5, 0.6) is 0 Å². The molecule has 2 aliphatic rings. The van der Waals surface area contributed by atoms with Crippen LogP contribution in [-0.4, -0.2) is 64.6 Å². The zero-order valence-corrected chi connectivity index (χ0v) is 18.6. The molecular weight excluding hydrogens is 430 g/mol. The molecule has 1 saturated heterocycles. The summed E-state index contributed by atoms with van der Waals surface area (Å²) in [5.74, 6) is -2.46. The van der Waals surface area contributed by atoms with E-state index in [-0.39, 0.29) is 36.9 Å². The molecular formula is C20H30ClF2N6O2+. The van der Waals surface area contributed by atoms with Crippen LogP contribution in [0.25, 0.3) is 5.65 Å². The lowest BCUT2D eigenvalue weighted by atomic mass is 9.81. The number of nitrogens with zero attached hydrogens (tertiary/aromatic N) is 4. The van der Waals surface area contributed by atoms with Crippen LogP contribution in [-0.2, 0) is 4.74 Å². The number of hydrogen-bond acceptors (Lipinski definition) is 4. The van der Waals surface area contributed by atoms with Crippen LogP contribution in [0.3, 0.4) is 0 Å². The van der Waals surface area contributed by atoms with Gasteiger partial charge in [0.25, 0.3) is 0 Å². The van der Waals surface area contributed by atoms with Gasteiger partial charge in [-0.25, -0.2) is 23.1 Å². The van der Waals surface area contributed by atoms with Crippen molar-refractivity contribution >= 4 is 23.3 Å². The van der Waals surface area contributed by atoms with Crippen molar-refractivity contribution in [1.82, 2.24) is 24.8 Å². The predicted molar refractivity (Wildman–Crippen MR) is 112 cm³/mol. The van der Waals surface area contributed by atoms with Gasteiger partial charge in [-0.05, 0) is 18.9 Å². The number of imidazole rings is 1. The van der Waals surface area contributed by atoms with Gasteiger partial charge in [-0.1, -0.05) is 0 Å². The molecule has 2 aromatic heterocycles. The maximum atomic E-state index is 13.5. The average molecular weight is 460 g/mol. The summed E-state index contributed by atoms with van der Waals surface area (Å²) in [7, 11) is 1.60. The topological polar surface area (TPSA) is 99.4 Å². The van der Waals surface area contributed by atoms with Crippen LogP contribution >= 0.6 is 11.6 Å². The molecule has 172 valence electrons. The summed E-state index contributed by atoms with van der Waals surface area (Å²) in [4.78, 5) is 18.5. The number of quaternary nitrogens is 1. The minimum Gasteiger partial charge on any atom is -0.382 e. The van der Waals surface area contributed by atoms with Gasteiger partial charge < -0.3 is 20.7 Å². The third-order valence-electron chi connectivity index (χ3n) is 6.05. The highest BCUT2D eigenvalue weighted by molar-refractivity contribution is 6.15. The van der Waals surface area contributed by atoms with Crippen LogP contribution < -0.4 is 11.1 Å². The number of aromatic nitrogens is 3. The Morgan fingerprint density at radius 2 is 2.10 bits per heavy atom. The lowest BCUT2D eigenvalue weighted by molar-refractivity contribution is -0.443.